The highest BCUT2D eigenvalue weighted by atomic mass is 31.2. The fourth-order valence-corrected chi connectivity index (χ4v) is 2.73. The summed E-state index contributed by atoms with van der Waals surface area (Å²) in [5, 5.41) is 8.41. The van der Waals surface area contributed by atoms with Crippen LogP contribution in [0.15, 0.2) is 0 Å². The third kappa shape index (κ3) is 10.6. The molecular formula is C8H21NO8P2. The first-order valence-corrected chi connectivity index (χ1v) is 9.09. The number of aliphatic hydroxyl groups is 1. The van der Waals surface area contributed by atoms with E-state index < -0.39 is 21.0 Å². The molecule has 9 nitrogen and oxygen atoms in total. The average Bonchev–Trinajstić information content (AvgIpc) is 2.27. The first kappa shape index (κ1) is 19.2. The first-order chi connectivity index (χ1) is 8.69. The standard InChI is InChI=1S/C8H21NO8P2/c9-8(19(13,14)15)2-1-7-18(11,12)17-6-5-16-4-3-10/h8,10H,1-7,9H2,(H,11,12)(H2,13,14,15). The van der Waals surface area contributed by atoms with Crippen LogP contribution in [0.5, 0.6) is 0 Å². The SMILES string of the molecule is NC(CCCP(=O)(O)OCCOCCO)P(=O)(O)O. The lowest BCUT2D eigenvalue weighted by molar-refractivity contribution is 0.0677. The fourth-order valence-electron chi connectivity index (χ4n) is 1.14. The fraction of sp³-hybridized carbons (Fsp3) is 1.00. The number of nitrogens with two attached hydrogens (primary N) is 1. The lowest BCUT2D eigenvalue weighted by atomic mass is 10.3. The van der Waals surface area contributed by atoms with Gasteiger partial charge in [0.2, 0.25) is 0 Å². The summed E-state index contributed by atoms with van der Waals surface area (Å²) in [6.45, 7) is -0.0429. The van der Waals surface area contributed by atoms with E-state index in [1.807, 2.05) is 0 Å². The Balaban J connectivity index is 3.79. The van der Waals surface area contributed by atoms with Crippen LogP contribution in [-0.4, -0.2) is 58.2 Å². The molecule has 11 heteroatoms. The van der Waals surface area contributed by atoms with Crippen LogP contribution < -0.4 is 5.73 Å². The van der Waals surface area contributed by atoms with Gasteiger partial charge in [-0.25, -0.2) is 0 Å². The van der Waals surface area contributed by atoms with Crippen molar-refractivity contribution < 1.29 is 38.2 Å². The zero-order chi connectivity index (χ0) is 14.9. The van der Waals surface area contributed by atoms with Crippen LogP contribution in [0.1, 0.15) is 12.8 Å². The van der Waals surface area contributed by atoms with Crippen LogP contribution in [0.2, 0.25) is 0 Å². The van der Waals surface area contributed by atoms with Gasteiger partial charge in [-0.1, -0.05) is 0 Å². The Morgan fingerprint density at radius 3 is 2.26 bits per heavy atom. The van der Waals surface area contributed by atoms with Gasteiger partial charge in [-0.3, -0.25) is 9.13 Å². The molecule has 0 bridgehead atoms. The van der Waals surface area contributed by atoms with Gasteiger partial charge < -0.3 is 34.8 Å². The summed E-state index contributed by atoms with van der Waals surface area (Å²) in [6, 6.07) is 0. The van der Waals surface area contributed by atoms with Crippen molar-refractivity contribution in [1.29, 1.82) is 0 Å². The highest BCUT2D eigenvalue weighted by Gasteiger charge is 2.26. The maximum Gasteiger partial charge on any atom is 0.342 e. The van der Waals surface area contributed by atoms with Crippen molar-refractivity contribution in [2.75, 3.05) is 32.6 Å². The highest BCUT2D eigenvalue weighted by molar-refractivity contribution is 7.53. The minimum atomic E-state index is -4.35. The van der Waals surface area contributed by atoms with Crippen LogP contribution in [0.4, 0.5) is 0 Å². The third-order valence-corrected chi connectivity index (χ3v) is 4.72. The number of hydrogen-bond donors (Lipinski definition) is 5. The van der Waals surface area contributed by atoms with Gasteiger partial charge in [0.25, 0.3) is 0 Å². The van der Waals surface area contributed by atoms with Crippen LogP contribution in [-0.2, 0) is 18.4 Å². The summed E-state index contributed by atoms with van der Waals surface area (Å²) < 4.78 is 31.7. The normalized spacial score (nSPS) is 17.1. The second kappa shape index (κ2) is 9.18. The molecule has 6 N–H and O–H groups in total. The highest BCUT2D eigenvalue weighted by Crippen LogP contribution is 2.45. The van der Waals surface area contributed by atoms with E-state index in [0.717, 1.165) is 0 Å². The molecule has 0 heterocycles. The molecule has 0 rings (SSSR count). The number of rotatable bonds is 11. The number of aliphatic hydroxyl groups excluding tert-OH is 1. The van der Waals surface area contributed by atoms with Crippen molar-refractivity contribution in [3.63, 3.8) is 0 Å². The molecule has 0 aliphatic heterocycles. The van der Waals surface area contributed by atoms with Crippen molar-refractivity contribution in [1.82, 2.24) is 0 Å². The Morgan fingerprint density at radius 1 is 1.11 bits per heavy atom. The predicted molar refractivity (Wildman–Crippen MR) is 67.8 cm³/mol. The first-order valence-electron chi connectivity index (χ1n) is 5.65. The summed E-state index contributed by atoms with van der Waals surface area (Å²) in [4.78, 5) is 26.8. The van der Waals surface area contributed by atoms with Crippen LogP contribution in [0.3, 0.4) is 0 Å². The topological polar surface area (TPSA) is 160 Å². The smallest absolute Gasteiger partial charge is 0.342 e. The Bertz CT molecular complexity index is 333. The lowest BCUT2D eigenvalue weighted by Gasteiger charge is -2.15. The largest absolute Gasteiger partial charge is 0.394 e. The quantitative estimate of drug-likeness (QED) is 0.248. The molecule has 0 fully saturated rings. The van der Waals surface area contributed by atoms with E-state index in [1.165, 1.54) is 0 Å². The minimum absolute atomic E-state index is 0.0670. The van der Waals surface area contributed by atoms with Gasteiger partial charge in [0.1, 0.15) is 5.78 Å². The van der Waals surface area contributed by atoms with Gasteiger partial charge in [-0.15, -0.1) is 0 Å². The molecule has 116 valence electrons. The van der Waals surface area contributed by atoms with E-state index in [2.05, 4.69) is 0 Å². The molecule has 0 aliphatic rings. The van der Waals surface area contributed by atoms with E-state index in [1.54, 1.807) is 0 Å². The number of ether oxygens (including phenoxy) is 1. The van der Waals surface area contributed by atoms with Crippen LogP contribution >= 0.6 is 15.2 Å². The third-order valence-electron chi connectivity index (χ3n) is 2.13. The minimum Gasteiger partial charge on any atom is -0.394 e. The zero-order valence-electron chi connectivity index (χ0n) is 10.4. The molecule has 0 aromatic rings. The molecule has 0 spiro atoms. The Labute approximate surface area is 111 Å². The van der Waals surface area contributed by atoms with Gasteiger partial charge in [-0.05, 0) is 12.8 Å². The summed E-state index contributed by atoms with van der Waals surface area (Å²) in [7, 11) is -8.15. The van der Waals surface area contributed by atoms with E-state index in [4.69, 9.17) is 29.9 Å². The van der Waals surface area contributed by atoms with Crippen LogP contribution in [0.25, 0.3) is 0 Å². The maximum absolute atomic E-state index is 11.5. The molecule has 2 unspecified atom stereocenters. The van der Waals surface area contributed by atoms with Crippen molar-refractivity contribution in [2.45, 2.75) is 18.6 Å². The Morgan fingerprint density at radius 2 is 1.74 bits per heavy atom. The molecule has 2 atom stereocenters. The summed E-state index contributed by atoms with van der Waals surface area (Å²) in [5.74, 6) is -1.33. The summed E-state index contributed by atoms with van der Waals surface area (Å²) in [5.41, 5.74) is 5.22. The molecule has 0 radical (unpaired) electrons. The second-order valence-electron chi connectivity index (χ2n) is 3.83. The van der Waals surface area contributed by atoms with Crippen LogP contribution in [0, 0.1) is 0 Å². The van der Waals surface area contributed by atoms with E-state index in [0.29, 0.717) is 0 Å². The van der Waals surface area contributed by atoms with Gasteiger partial charge in [-0.2, -0.15) is 0 Å². The molecule has 0 aliphatic carbocycles. The van der Waals surface area contributed by atoms with Gasteiger partial charge in [0, 0.05) is 0 Å². The number of hydrogen-bond acceptors (Lipinski definition) is 6. The molecule has 0 amide bonds. The van der Waals surface area contributed by atoms with E-state index in [9.17, 15) is 14.0 Å². The molecule has 0 saturated heterocycles. The lowest BCUT2D eigenvalue weighted by Crippen LogP contribution is -2.20. The monoisotopic (exact) mass is 321 g/mol. The second-order valence-corrected chi connectivity index (χ2v) is 7.65. The summed E-state index contributed by atoms with van der Waals surface area (Å²) in [6.07, 6.45) is -0.239. The molecular weight excluding hydrogens is 300 g/mol. The summed E-state index contributed by atoms with van der Waals surface area (Å²) >= 11 is 0. The molecule has 19 heavy (non-hydrogen) atoms. The van der Waals surface area contributed by atoms with E-state index >= 15 is 0 Å². The van der Waals surface area contributed by atoms with Gasteiger partial charge in [0.15, 0.2) is 0 Å². The predicted octanol–water partition coefficient (Wildman–Crippen LogP) is -0.560. The zero-order valence-corrected chi connectivity index (χ0v) is 12.2. The van der Waals surface area contributed by atoms with E-state index in [-0.39, 0.29) is 45.4 Å². The van der Waals surface area contributed by atoms with Gasteiger partial charge >= 0.3 is 15.2 Å². The van der Waals surface area contributed by atoms with Crippen molar-refractivity contribution >= 4 is 15.2 Å². The Kier molecular flexibility index (Phi) is 9.26. The molecule has 0 aromatic carbocycles. The maximum atomic E-state index is 11.5. The molecule has 0 saturated carbocycles. The average molecular weight is 321 g/mol. The van der Waals surface area contributed by atoms with Crippen molar-refractivity contribution in [3.8, 4) is 0 Å². The molecule has 0 aromatic heterocycles. The Hall–Kier alpha value is 0.180. The van der Waals surface area contributed by atoms with Crippen molar-refractivity contribution in [3.05, 3.63) is 0 Å². The van der Waals surface area contributed by atoms with Crippen molar-refractivity contribution in [2.24, 2.45) is 5.73 Å². The van der Waals surface area contributed by atoms with Gasteiger partial charge in [0.05, 0.1) is 32.6 Å².